The van der Waals surface area contributed by atoms with Gasteiger partial charge in [0, 0.05) is 19.5 Å². The van der Waals surface area contributed by atoms with Gasteiger partial charge in [0.15, 0.2) is 0 Å². The molecule has 0 saturated carbocycles. The summed E-state index contributed by atoms with van der Waals surface area (Å²) >= 11 is 0. The van der Waals surface area contributed by atoms with E-state index in [1.807, 2.05) is 0 Å². The van der Waals surface area contributed by atoms with Crippen molar-refractivity contribution in [3.8, 4) is 0 Å². The molecule has 0 aliphatic rings. The smallest absolute Gasteiger partial charge is 0.217 e. The fraction of sp³-hybridized carbons (Fsp3) is 0.857. The molecule has 0 bridgehead atoms. The molecule has 0 rings (SSSR count). The third-order valence-corrected chi connectivity index (χ3v) is 1.35. The van der Waals surface area contributed by atoms with Gasteiger partial charge in [-0.05, 0) is 19.4 Å². The van der Waals surface area contributed by atoms with Crippen LogP contribution in [0.4, 0.5) is 0 Å². The molecule has 1 amide bonds. The van der Waals surface area contributed by atoms with Crippen LogP contribution in [0.2, 0.25) is 0 Å². The minimum Gasteiger partial charge on any atom is -0.370 e. The first-order valence-electron chi connectivity index (χ1n) is 3.96. The number of rotatable bonds is 7. The summed E-state index contributed by atoms with van der Waals surface area (Å²) in [5.74, 6) is -0.219. The largest absolute Gasteiger partial charge is 0.370 e. The molecular weight excluding hydrogens is 142 g/mol. The van der Waals surface area contributed by atoms with Crippen LogP contribution in [0.1, 0.15) is 19.3 Å². The number of carbonyl (C=O) groups is 1. The van der Waals surface area contributed by atoms with Crippen LogP contribution in [0, 0.1) is 0 Å². The van der Waals surface area contributed by atoms with Crippen molar-refractivity contribution in [3.05, 3.63) is 0 Å². The van der Waals surface area contributed by atoms with Gasteiger partial charge in [0.25, 0.3) is 0 Å². The standard InChI is InChI=1S/C7H17N3O/c8-4-6-10-5-2-1-3-7(9)11/h10H,1-6,8H2,(H2,9,11). The lowest BCUT2D eigenvalue weighted by molar-refractivity contribution is -0.118. The molecule has 0 radical (unpaired) electrons. The highest BCUT2D eigenvalue weighted by atomic mass is 16.1. The topological polar surface area (TPSA) is 81.1 Å². The van der Waals surface area contributed by atoms with Gasteiger partial charge in [-0.25, -0.2) is 0 Å². The summed E-state index contributed by atoms with van der Waals surface area (Å²) < 4.78 is 0. The normalized spacial score (nSPS) is 9.91. The molecule has 0 aromatic heterocycles. The van der Waals surface area contributed by atoms with E-state index in [-0.39, 0.29) is 5.91 Å². The SMILES string of the molecule is NCCNCCCCC(N)=O. The number of unbranched alkanes of at least 4 members (excludes halogenated alkanes) is 1. The van der Waals surface area contributed by atoms with E-state index in [2.05, 4.69) is 5.32 Å². The van der Waals surface area contributed by atoms with Crippen LogP contribution in [0.5, 0.6) is 0 Å². The minimum absolute atomic E-state index is 0.219. The van der Waals surface area contributed by atoms with E-state index in [1.165, 1.54) is 0 Å². The van der Waals surface area contributed by atoms with Crippen LogP contribution in [-0.4, -0.2) is 25.5 Å². The molecule has 0 fully saturated rings. The maximum absolute atomic E-state index is 10.3. The van der Waals surface area contributed by atoms with Gasteiger partial charge in [0.05, 0.1) is 0 Å². The highest BCUT2D eigenvalue weighted by Gasteiger charge is 1.92. The maximum Gasteiger partial charge on any atom is 0.217 e. The molecule has 0 heterocycles. The van der Waals surface area contributed by atoms with Crippen molar-refractivity contribution < 1.29 is 4.79 Å². The third-order valence-electron chi connectivity index (χ3n) is 1.35. The molecule has 66 valence electrons. The van der Waals surface area contributed by atoms with Crippen molar-refractivity contribution in [2.24, 2.45) is 11.5 Å². The summed E-state index contributed by atoms with van der Waals surface area (Å²) in [6.45, 7) is 2.43. The zero-order chi connectivity index (χ0) is 8.53. The van der Waals surface area contributed by atoms with Crippen molar-refractivity contribution in [1.29, 1.82) is 0 Å². The van der Waals surface area contributed by atoms with E-state index in [1.54, 1.807) is 0 Å². The first-order chi connectivity index (χ1) is 5.27. The Morgan fingerprint density at radius 1 is 1.27 bits per heavy atom. The predicted octanol–water partition coefficient (Wildman–Crippen LogP) is -0.810. The van der Waals surface area contributed by atoms with Crippen LogP contribution in [0.15, 0.2) is 0 Å². The Morgan fingerprint density at radius 2 is 2.00 bits per heavy atom. The van der Waals surface area contributed by atoms with Crippen molar-refractivity contribution in [2.45, 2.75) is 19.3 Å². The monoisotopic (exact) mass is 159 g/mol. The van der Waals surface area contributed by atoms with E-state index in [0.29, 0.717) is 13.0 Å². The molecule has 11 heavy (non-hydrogen) atoms. The summed E-state index contributed by atoms with van der Waals surface area (Å²) in [5.41, 5.74) is 10.2. The average molecular weight is 159 g/mol. The zero-order valence-electron chi connectivity index (χ0n) is 6.81. The Morgan fingerprint density at radius 3 is 2.55 bits per heavy atom. The van der Waals surface area contributed by atoms with Gasteiger partial charge in [-0.2, -0.15) is 0 Å². The lowest BCUT2D eigenvalue weighted by Gasteiger charge is -2.00. The van der Waals surface area contributed by atoms with Crippen LogP contribution in [-0.2, 0) is 4.79 Å². The van der Waals surface area contributed by atoms with E-state index in [0.717, 1.165) is 25.9 Å². The number of nitrogens with two attached hydrogens (primary N) is 2. The molecule has 0 aromatic rings. The van der Waals surface area contributed by atoms with E-state index < -0.39 is 0 Å². The van der Waals surface area contributed by atoms with Gasteiger partial charge < -0.3 is 16.8 Å². The first-order valence-corrected chi connectivity index (χ1v) is 3.96. The molecule has 0 unspecified atom stereocenters. The number of amides is 1. The molecule has 4 heteroatoms. The molecule has 0 saturated heterocycles. The Bertz CT molecular complexity index is 106. The minimum atomic E-state index is -0.219. The van der Waals surface area contributed by atoms with Crippen LogP contribution in [0.3, 0.4) is 0 Å². The Kier molecular flexibility index (Phi) is 7.08. The van der Waals surface area contributed by atoms with E-state index in [9.17, 15) is 4.79 Å². The lowest BCUT2D eigenvalue weighted by Crippen LogP contribution is -2.23. The summed E-state index contributed by atoms with van der Waals surface area (Å²) in [6, 6.07) is 0. The van der Waals surface area contributed by atoms with E-state index >= 15 is 0 Å². The molecular formula is C7H17N3O. The maximum atomic E-state index is 10.3. The number of hydrogen-bond acceptors (Lipinski definition) is 3. The van der Waals surface area contributed by atoms with Crippen molar-refractivity contribution in [2.75, 3.05) is 19.6 Å². The molecule has 5 N–H and O–H groups in total. The van der Waals surface area contributed by atoms with Crippen LogP contribution < -0.4 is 16.8 Å². The van der Waals surface area contributed by atoms with Crippen LogP contribution in [0.25, 0.3) is 0 Å². The van der Waals surface area contributed by atoms with Gasteiger partial charge in [-0.15, -0.1) is 0 Å². The van der Waals surface area contributed by atoms with Crippen LogP contribution >= 0.6 is 0 Å². The van der Waals surface area contributed by atoms with Gasteiger partial charge >= 0.3 is 0 Å². The van der Waals surface area contributed by atoms with Crippen molar-refractivity contribution in [1.82, 2.24) is 5.32 Å². The first kappa shape index (κ1) is 10.4. The highest BCUT2D eigenvalue weighted by Crippen LogP contribution is 1.91. The summed E-state index contributed by atoms with van der Waals surface area (Å²) in [6.07, 6.45) is 2.35. The average Bonchev–Trinajstić information content (AvgIpc) is 1.96. The van der Waals surface area contributed by atoms with Crippen molar-refractivity contribution in [3.63, 3.8) is 0 Å². The molecule has 4 nitrogen and oxygen atoms in total. The Labute approximate surface area is 67.3 Å². The second-order valence-corrected chi connectivity index (χ2v) is 2.46. The zero-order valence-corrected chi connectivity index (χ0v) is 6.81. The highest BCUT2D eigenvalue weighted by molar-refractivity contribution is 5.73. The Balaban J connectivity index is 2.85. The summed E-state index contributed by atoms with van der Waals surface area (Å²) in [5, 5.41) is 3.13. The second-order valence-electron chi connectivity index (χ2n) is 2.46. The molecule has 0 aliphatic heterocycles. The van der Waals surface area contributed by atoms with Gasteiger partial charge in [0.1, 0.15) is 0 Å². The fourth-order valence-electron chi connectivity index (χ4n) is 0.776. The van der Waals surface area contributed by atoms with E-state index in [4.69, 9.17) is 11.5 Å². The lowest BCUT2D eigenvalue weighted by atomic mass is 10.2. The van der Waals surface area contributed by atoms with Gasteiger partial charge in [0.2, 0.25) is 5.91 Å². The second kappa shape index (κ2) is 7.50. The number of nitrogens with one attached hydrogen (secondary N) is 1. The third kappa shape index (κ3) is 9.39. The summed E-state index contributed by atoms with van der Waals surface area (Å²) in [7, 11) is 0. The molecule has 0 aromatic carbocycles. The molecule has 0 atom stereocenters. The van der Waals surface area contributed by atoms with Crippen molar-refractivity contribution >= 4 is 5.91 Å². The number of carbonyl (C=O) groups excluding carboxylic acids is 1. The number of hydrogen-bond donors (Lipinski definition) is 3. The van der Waals surface area contributed by atoms with Gasteiger partial charge in [-0.1, -0.05) is 0 Å². The fourth-order valence-corrected chi connectivity index (χ4v) is 0.776. The quantitative estimate of drug-likeness (QED) is 0.425. The predicted molar refractivity (Wildman–Crippen MR) is 45.0 cm³/mol. The summed E-state index contributed by atoms with van der Waals surface area (Å²) in [4.78, 5) is 10.3. The Hall–Kier alpha value is -0.610. The number of primary amides is 1. The molecule has 0 spiro atoms. The molecule has 0 aliphatic carbocycles. The van der Waals surface area contributed by atoms with Gasteiger partial charge in [-0.3, -0.25) is 4.79 Å².